The first-order valence-electron chi connectivity index (χ1n) is 8.77. The number of nitrogens with zero attached hydrogens (tertiary/aromatic N) is 2. The smallest absolute Gasteiger partial charge is 0.416 e. The summed E-state index contributed by atoms with van der Waals surface area (Å²) in [7, 11) is 0. The number of thioether (sulfide) groups is 1. The molecule has 0 saturated carbocycles. The van der Waals surface area contributed by atoms with Gasteiger partial charge in [-0.1, -0.05) is 36.0 Å². The van der Waals surface area contributed by atoms with Crippen molar-refractivity contribution < 1.29 is 22.7 Å². The van der Waals surface area contributed by atoms with Crippen LogP contribution < -0.4 is 4.74 Å². The number of alkyl halides is 3. The number of ether oxygens (including phenoxy) is 1. The van der Waals surface area contributed by atoms with Crippen LogP contribution in [0.1, 0.15) is 28.4 Å². The third kappa shape index (κ3) is 4.67. The van der Waals surface area contributed by atoms with Crippen LogP contribution in [0.2, 0.25) is 0 Å². The van der Waals surface area contributed by atoms with Gasteiger partial charge in [-0.2, -0.15) is 13.2 Å². The van der Waals surface area contributed by atoms with Crippen molar-refractivity contribution in [2.24, 2.45) is 4.99 Å². The Labute approximate surface area is 165 Å². The molecule has 1 amide bonds. The number of para-hydroxylation sites is 1. The second-order valence-electron chi connectivity index (χ2n) is 6.03. The molecule has 1 aliphatic heterocycles. The van der Waals surface area contributed by atoms with Crippen molar-refractivity contribution in [3.63, 3.8) is 0 Å². The molecular formula is C20H19F3N2O2S. The predicted molar refractivity (Wildman–Crippen MR) is 104 cm³/mol. The summed E-state index contributed by atoms with van der Waals surface area (Å²) in [6.07, 6.45) is -4.35. The van der Waals surface area contributed by atoms with Crippen LogP contribution in [0.4, 0.5) is 13.2 Å². The van der Waals surface area contributed by atoms with Crippen molar-refractivity contribution in [2.75, 3.05) is 19.7 Å². The number of rotatable bonds is 5. The predicted octanol–water partition coefficient (Wildman–Crippen LogP) is 4.85. The molecule has 1 aliphatic rings. The summed E-state index contributed by atoms with van der Waals surface area (Å²) >= 11 is 1.33. The van der Waals surface area contributed by atoms with E-state index in [-0.39, 0.29) is 5.91 Å². The maximum absolute atomic E-state index is 12.9. The Bertz CT molecular complexity index is 866. The van der Waals surface area contributed by atoms with Gasteiger partial charge in [0, 0.05) is 12.3 Å². The number of aliphatic imine (C=N–C) groups is 1. The number of hydrogen-bond acceptors (Lipinski definition) is 4. The highest BCUT2D eigenvalue weighted by molar-refractivity contribution is 8.13. The van der Waals surface area contributed by atoms with Gasteiger partial charge in [-0.3, -0.25) is 14.7 Å². The number of halogens is 3. The quantitative estimate of drug-likeness (QED) is 0.710. The average Bonchev–Trinajstić information content (AvgIpc) is 3.15. The lowest BCUT2D eigenvalue weighted by Gasteiger charge is -2.19. The SMILES string of the molecule is CCOc1ccccc1C(=O)N1CCN=C1SCc1ccc(C(F)(F)F)cc1. The molecule has 8 heteroatoms. The molecule has 0 radical (unpaired) electrons. The van der Waals surface area contributed by atoms with E-state index in [9.17, 15) is 18.0 Å². The lowest BCUT2D eigenvalue weighted by molar-refractivity contribution is -0.137. The second-order valence-corrected chi connectivity index (χ2v) is 6.98. The van der Waals surface area contributed by atoms with Crippen LogP contribution in [0.5, 0.6) is 5.75 Å². The topological polar surface area (TPSA) is 41.9 Å². The molecule has 1 heterocycles. The molecule has 0 unspecified atom stereocenters. The summed E-state index contributed by atoms with van der Waals surface area (Å²) in [5.41, 5.74) is 0.521. The second kappa shape index (κ2) is 8.68. The highest BCUT2D eigenvalue weighted by Gasteiger charge is 2.30. The van der Waals surface area contributed by atoms with E-state index in [1.54, 1.807) is 29.2 Å². The van der Waals surface area contributed by atoms with Crippen molar-refractivity contribution in [1.82, 2.24) is 4.90 Å². The normalized spacial score (nSPS) is 14.1. The monoisotopic (exact) mass is 408 g/mol. The van der Waals surface area contributed by atoms with E-state index in [4.69, 9.17) is 4.74 Å². The minimum Gasteiger partial charge on any atom is -0.493 e. The lowest BCUT2D eigenvalue weighted by atomic mass is 10.1. The molecule has 0 N–H and O–H groups in total. The summed E-state index contributed by atoms with van der Waals surface area (Å²) in [6, 6.07) is 12.1. The van der Waals surface area contributed by atoms with Crippen LogP contribution in [-0.4, -0.2) is 35.7 Å². The molecule has 0 atom stereocenters. The van der Waals surface area contributed by atoms with E-state index in [0.29, 0.717) is 41.9 Å². The number of hydrogen-bond donors (Lipinski definition) is 0. The Morgan fingerprint density at radius 2 is 1.89 bits per heavy atom. The third-order valence-corrected chi connectivity index (χ3v) is 5.20. The van der Waals surface area contributed by atoms with Gasteiger partial charge in [-0.25, -0.2) is 0 Å². The van der Waals surface area contributed by atoms with E-state index in [2.05, 4.69) is 4.99 Å². The zero-order valence-corrected chi connectivity index (χ0v) is 16.0. The number of benzene rings is 2. The highest BCUT2D eigenvalue weighted by atomic mass is 32.2. The Morgan fingerprint density at radius 1 is 1.18 bits per heavy atom. The number of amidine groups is 1. The Hall–Kier alpha value is -2.48. The first-order chi connectivity index (χ1) is 13.4. The van der Waals surface area contributed by atoms with Gasteiger partial charge in [0.15, 0.2) is 5.17 Å². The van der Waals surface area contributed by atoms with E-state index >= 15 is 0 Å². The van der Waals surface area contributed by atoms with E-state index in [0.717, 1.165) is 17.7 Å². The lowest BCUT2D eigenvalue weighted by Crippen LogP contribution is -2.33. The van der Waals surface area contributed by atoms with Crippen LogP contribution in [0.15, 0.2) is 53.5 Å². The molecule has 0 saturated heterocycles. The molecule has 3 rings (SSSR count). The van der Waals surface area contributed by atoms with Crippen LogP contribution >= 0.6 is 11.8 Å². The van der Waals surface area contributed by atoms with Crippen molar-refractivity contribution >= 4 is 22.8 Å². The Kier molecular flexibility index (Phi) is 6.28. The maximum Gasteiger partial charge on any atom is 0.416 e. The van der Waals surface area contributed by atoms with Crippen LogP contribution in [0.25, 0.3) is 0 Å². The van der Waals surface area contributed by atoms with Crippen LogP contribution in [-0.2, 0) is 11.9 Å². The number of carbonyl (C=O) groups is 1. The van der Waals surface area contributed by atoms with Crippen molar-refractivity contribution in [3.05, 3.63) is 65.2 Å². The molecule has 28 heavy (non-hydrogen) atoms. The van der Waals surface area contributed by atoms with E-state index in [1.807, 2.05) is 6.92 Å². The zero-order chi connectivity index (χ0) is 20.1. The Balaban J connectivity index is 1.67. The molecule has 4 nitrogen and oxygen atoms in total. The molecule has 2 aromatic rings. The fraction of sp³-hybridized carbons (Fsp3) is 0.300. The van der Waals surface area contributed by atoms with E-state index < -0.39 is 11.7 Å². The maximum atomic E-state index is 12.9. The standard InChI is InChI=1S/C20H19F3N2O2S/c1-2-27-17-6-4-3-5-16(17)18(26)25-12-11-24-19(25)28-13-14-7-9-15(10-8-14)20(21,22)23/h3-10H,2,11-13H2,1H3. The molecule has 0 spiro atoms. The van der Waals surface area contributed by atoms with Crippen molar-refractivity contribution in [2.45, 2.75) is 18.9 Å². The fourth-order valence-corrected chi connectivity index (χ4v) is 3.75. The van der Waals surface area contributed by atoms with Gasteiger partial charge >= 0.3 is 6.18 Å². The molecule has 0 bridgehead atoms. The minimum atomic E-state index is -4.35. The number of amides is 1. The van der Waals surface area contributed by atoms with Crippen LogP contribution in [0.3, 0.4) is 0 Å². The highest BCUT2D eigenvalue weighted by Crippen LogP contribution is 2.30. The third-order valence-electron chi connectivity index (χ3n) is 4.11. The summed E-state index contributed by atoms with van der Waals surface area (Å²) in [6.45, 7) is 3.27. The van der Waals surface area contributed by atoms with Gasteiger partial charge < -0.3 is 4.74 Å². The molecule has 0 fully saturated rings. The van der Waals surface area contributed by atoms with Gasteiger partial charge in [-0.05, 0) is 36.8 Å². The zero-order valence-electron chi connectivity index (χ0n) is 15.2. The van der Waals surface area contributed by atoms with Gasteiger partial charge in [0.25, 0.3) is 5.91 Å². The first kappa shape index (κ1) is 20.3. The summed E-state index contributed by atoms with van der Waals surface area (Å²) in [5, 5.41) is 0.566. The Morgan fingerprint density at radius 3 is 2.57 bits per heavy atom. The van der Waals surface area contributed by atoms with Crippen LogP contribution in [0, 0.1) is 0 Å². The molecular weight excluding hydrogens is 389 g/mol. The molecule has 2 aromatic carbocycles. The summed E-state index contributed by atoms with van der Waals surface area (Å²) < 4.78 is 43.5. The first-order valence-corrected chi connectivity index (χ1v) is 9.75. The van der Waals surface area contributed by atoms with Gasteiger partial charge in [0.2, 0.25) is 0 Å². The molecule has 0 aliphatic carbocycles. The largest absolute Gasteiger partial charge is 0.493 e. The summed E-state index contributed by atoms with van der Waals surface area (Å²) in [4.78, 5) is 18.9. The summed E-state index contributed by atoms with van der Waals surface area (Å²) in [5.74, 6) is 0.752. The molecule has 148 valence electrons. The van der Waals surface area contributed by atoms with E-state index in [1.165, 1.54) is 23.9 Å². The average molecular weight is 408 g/mol. The van der Waals surface area contributed by atoms with Gasteiger partial charge in [0.05, 0.1) is 24.3 Å². The van der Waals surface area contributed by atoms with Crippen molar-refractivity contribution in [3.8, 4) is 5.75 Å². The van der Waals surface area contributed by atoms with Gasteiger partial charge in [0.1, 0.15) is 5.75 Å². The van der Waals surface area contributed by atoms with Crippen molar-refractivity contribution in [1.29, 1.82) is 0 Å². The van der Waals surface area contributed by atoms with Gasteiger partial charge in [-0.15, -0.1) is 0 Å². The molecule has 0 aromatic heterocycles. The number of carbonyl (C=O) groups excluding carboxylic acids is 1. The minimum absolute atomic E-state index is 0.194. The fourth-order valence-electron chi connectivity index (χ4n) is 2.75.